The molecule has 4 aliphatic rings. The summed E-state index contributed by atoms with van der Waals surface area (Å²) < 4.78 is 4.75. The van der Waals surface area contributed by atoms with E-state index < -0.39 is 0 Å². The van der Waals surface area contributed by atoms with E-state index in [-0.39, 0.29) is 24.1 Å². The highest BCUT2D eigenvalue weighted by Crippen LogP contribution is 2.25. The van der Waals surface area contributed by atoms with Crippen molar-refractivity contribution in [3.8, 4) is 0 Å². The van der Waals surface area contributed by atoms with E-state index in [1.165, 1.54) is 50.0 Å². The van der Waals surface area contributed by atoms with Gasteiger partial charge in [0.1, 0.15) is 0 Å². The van der Waals surface area contributed by atoms with Gasteiger partial charge in [0.25, 0.3) is 0 Å². The number of likely N-dealkylation sites (N-methyl/N-ethyl adjacent to an activating group) is 1. The largest absolute Gasteiger partial charge is 0.453 e. The maximum atomic E-state index is 12.8. The lowest BCUT2D eigenvalue weighted by Gasteiger charge is -2.42. The molecule has 3 saturated heterocycles. The Balaban J connectivity index is 0.000000186. The number of carbonyl (C=O) groups is 3. The number of methoxy groups -OCH3 is 1. The lowest BCUT2D eigenvalue weighted by Crippen LogP contribution is -2.53. The number of para-hydroxylation sites is 1. The number of ether oxygens (including phenoxy) is 1. The van der Waals surface area contributed by atoms with Crippen LogP contribution in [0.4, 0.5) is 15.3 Å². The Hall–Kier alpha value is -3.63. The number of nitrogens with zero attached hydrogens (tertiary/aromatic N) is 5. The molecular formula is C37H54N6O4. The van der Waals surface area contributed by atoms with Gasteiger partial charge in [-0.2, -0.15) is 0 Å². The second kappa shape index (κ2) is 16.5. The molecule has 0 spiro atoms. The van der Waals surface area contributed by atoms with Crippen LogP contribution in [0.1, 0.15) is 49.3 Å². The standard InChI is InChI=1S/C21H33N3O.C16H21N3O3/c1-17-5-4-6-19(15-17)16-18(2)21(25)24-9-7-20(8-10-24)23-13-11-22(3)12-14-23;1-22-16(21)18-9-7-13(8-10-18)19-11-6-12-4-2-3-5-14(12)17-15(19)20/h4-6,15,18,20H,7-14,16H2,1-3H3;2-5,13H,6-11H2,1H3,(H,17,20)/t18-;/m1./s1. The molecule has 1 N–H and O–H groups in total. The molecule has 0 bridgehead atoms. The fourth-order valence-corrected chi connectivity index (χ4v) is 7.46. The maximum Gasteiger partial charge on any atom is 0.409 e. The maximum absolute atomic E-state index is 12.8. The van der Waals surface area contributed by atoms with Gasteiger partial charge in [-0.25, -0.2) is 9.59 Å². The quantitative estimate of drug-likeness (QED) is 0.506. The number of likely N-dealkylation sites (tertiary alicyclic amines) is 2. The molecule has 2 aromatic carbocycles. The molecule has 6 rings (SSSR count). The van der Waals surface area contributed by atoms with Crippen LogP contribution in [-0.4, -0.2) is 128 Å². The number of rotatable bonds is 5. The van der Waals surface area contributed by atoms with Gasteiger partial charge in [0.05, 0.1) is 7.11 Å². The third kappa shape index (κ3) is 9.26. The van der Waals surface area contributed by atoms with E-state index in [4.69, 9.17) is 4.74 Å². The van der Waals surface area contributed by atoms with Crippen molar-refractivity contribution in [1.29, 1.82) is 0 Å². The van der Waals surface area contributed by atoms with Gasteiger partial charge in [-0.3, -0.25) is 9.69 Å². The van der Waals surface area contributed by atoms with Gasteiger partial charge in [0.2, 0.25) is 5.91 Å². The van der Waals surface area contributed by atoms with E-state index in [1.54, 1.807) is 4.90 Å². The molecule has 10 nitrogen and oxygen atoms in total. The molecule has 47 heavy (non-hydrogen) atoms. The molecule has 0 aliphatic carbocycles. The van der Waals surface area contributed by atoms with E-state index in [2.05, 4.69) is 71.2 Å². The summed E-state index contributed by atoms with van der Waals surface area (Å²) in [6.07, 6.45) is 5.26. The number of hydrogen-bond donors (Lipinski definition) is 1. The molecule has 3 fully saturated rings. The molecule has 0 unspecified atom stereocenters. The van der Waals surface area contributed by atoms with Crippen molar-refractivity contribution >= 4 is 23.7 Å². The van der Waals surface area contributed by atoms with Crippen LogP contribution >= 0.6 is 0 Å². The van der Waals surface area contributed by atoms with Gasteiger partial charge in [-0.05, 0) is 69.7 Å². The first-order valence-electron chi connectivity index (χ1n) is 17.5. The molecule has 256 valence electrons. The van der Waals surface area contributed by atoms with Crippen molar-refractivity contribution < 1.29 is 19.1 Å². The minimum absolute atomic E-state index is 0.0403. The van der Waals surface area contributed by atoms with Crippen LogP contribution in [0.2, 0.25) is 0 Å². The summed E-state index contributed by atoms with van der Waals surface area (Å²) in [7, 11) is 3.60. The third-order valence-corrected chi connectivity index (χ3v) is 10.4. The second-order valence-electron chi connectivity index (χ2n) is 13.7. The number of urea groups is 1. The van der Waals surface area contributed by atoms with Crippen LogP contribution in [0.25, 0.3) is 0 Å². The van der Waals surface area contributed by atoms with E-state index in [1.807, 2.05) is 23.1 Å². The summed E-state index contributed by atoms with van der Waals surface area (Å²) in [4.78, 5) is 47.6. The van der Waals surface area contributed by atoms with Crippen LogP contribution in [0.15, 0.2) is 48.5 Å². The zero-order chi connectivity index (χ0) is 33.3. The van der Waals surface area contributed by atoms with Gasteiger partial charge in [0, 0.05) is 82.6 Å². The average Bonchev–Trinajstić information content (AvgIpc) is 3.26. The van der Waals surface area contributed by atoms with Crippen molar-refractivity contribution in [1.82, 2.24) is 24.5 Å². The van der Waals surface area contributed by atoms with Gasteiger partial charge < -0.3 is 29.7 Å². The Morgan fingerprint density at radius 1 is 0.851 bits per heavy atom. The minimum Gasteiger partial charge on any atom is -0.453 e. The molecule has 0 saturated carbocycles. The van der Waals surface area contributed by atoms with Crippen LogP contribution in [0.5, 0.6) is 0 Å². The predicted molar refractivity (Wildman–Crippen MR) is 186 cm³/mol. The highest BCUT2D eigenvalue weighted by Gasteiger charge is 2.32. The molecule has 0 aromatic heterocycles. The molecule has 4 amide bonds. The number of piperazine rings is 1. The highest BCUT2D eigenvalue weighted by molar-refractivity contribution is 5.91. The Kier molecular flexibility index (Phi) is 12.2. The van der Waals surface area contributed by atoms with Crippen molar-refractivity contribution in [2.24, 2.45) is 5.92 Å². The summed E-state index contributed by atoms with van der Waals surface area (Å²) in [5.41, 5.74) is 4.62. The SMILES string of the molecule is COC(=O)N1CCC(N2CCc3ccccc3NC2=O)CC1.Cc1cccc(C[C@@H](C)C(=O)N2CCC(N3CCN(C)CC3)CC2)c1. The van der Waals surface area contributed by atoms with Crippen molar-refractivity contribution in [3.05, 3.63) is 65.2 Å². The van der Waals surface area contributed by atoms with Crippen LogP contribution < -0.4 is 5.32 Å². The number of aryl methyl sites for hydroxylation is 1. The smallest absolute Gasteiger partial charge is 0.409 e. The van der Waals surface area contributed by atoms with Gasteiger partial charge in [-0.15, -0.1) is 0 Å². The number of anilines is 1. The number of hydrogen-bond acceptors (Lipinski definition) is 6. The number of benzene rings is 2. The average molecular weight is 647 g/mol. The molecule has 0 radical (unpaired) electrons. The fraction of sp³-hybridized carbons (Fsp3) is 0.595. The zero-order valence-corrected chi connectivity index (χ0v) is 28.8. The summed E-state index contributed by atoms with van der Waals surface area (Å²) in [6.45, 7) is 12.7. The lowest BCUT2D eigenvalue weighted by atomic mass is 9.96. The van der Waals surface area contributed by atoms with Gasteiger partial charge >= 0.3 is 12.1 Å². The molecule has 1 atom stereocenters. The predicted octanol–water partition coefficient (Wildman–Crippen LogP) is 4.72. The van der Waals surface area contributed by atoms with Crippen molar-refractivity contribution in [2.45, 2.75) is 64.5 Å². The van der Waals surface area contributed by atoms with Gasteiger partial charge in [-0.1, -0.05) is 55.0 Å². The number of fused-ring (bicyclic) bond motifs is 1. The fourth-order valence-electron chi connectivity index (χ4n) is 7.46. The topological polar surface area (TPSA) is 88.7 Å². The summed E-state index contributed by atoms with van der Waals surface area (Å²) >= 11 is 0. The van der Waals surface area contributed by atoms with E-state index in [0.717, 1.165) is 57.3 Å². The van der Waals surface area contributed by atoms with Crippen LogP contribution in [0, 0.1) is 12.8 Å². The first-order chi connectivity index (χ1) is 22.7. The van der Waals surface area contributed by atoms with Crippen molar-refractivity contribution in [2.75, 3.05) is 78.4 Å². The first-order valence-corrected chi connectivity index (χ1v) is 17.5. The van der Waals surface area contributed by atoms with Crippen LogP contribution in [0.3, 0.4) is 0 Å². The first kappa shape index (κ1) is 34.7. The second-order valence-corrected chi connectivity index (χ2v) is 13.7. The molecule has 4 heterocycles. The van der Waals surface area contributed by atoms with E-state index >= 15 is 0 Å². The summed E-state index contributed by atoms with van der Waals surface area (Å²) in [5.74, 6) is 0.403. The van der Waals surface area contributed by atoms with Crippen LogP contribution in [-0.2, 0) is 22.4 Å². The lowest BCUT2D eigenvalue weighted by molar-refractivity contribution is -0.136. The van der Waals surface area contributed by atoms with E-state index in [9.17, 15) is 14.4 Å². The minimum atomic E-state index is -0.286. The number of nitrogens with one attached hydrogen (secondary N) is 1. The number of amides is 4. The van der Waals surface area contributed by atoms with Crippen molar-refractivity contribution in [3.63, 3.8) is 0 Å². The Labute approximate surface area is 281 Å². The monoisotopic (exact) mass is 646 g/mol. The highest BCUT2D eigenvalue weighted by atomic mass is 16.5. The number of carbonyl (C=O) groups excluding carboxylic acids is 3. The molecule has 2 aromatic rings. The third-order valence-electron chi connectivity index (χ3n) is 10.4. The van der Waals surface area contributed by atoms with Gasteiger partial charge in [0.15, 0.2) is 0 Å². The Bertz CT molecular complexity index is 1350. The van der Waals surface area contributed by atoms with E-state index in [0.29, 0.717) is 31.6 Å². The number of piperidine rings is 2. The Morgan fingerprint density at radius 3 is 2.19 bits per heavy atom. The normalized spacial score (nSPS) is 20.8. The molecule has 4 aliphatic heterocycles. The molecular weight excluding hydrogens is 592 g/mol. The summed E-state index contributed by atoms with van der Waals surface area (Å²) in [6, 6.07) is 17.3. The summed E-state index contributed by atoms with van der Waals surface area (Å²) in [5, 5.41) is 3.00. The molecule has 10 heteroatoms. The Morgan fingerprint density at radius 2 is 1.51 bits per heavy atom. The zero-order valence-electron chi connectivity index (χ0n) is 28.8.